The molecule has 0 aliphatic rings. The van der Waals surface area contributed by atoms with Crippen LogP contribution in [0.1, 0.15) is 45.7 Å². The van der Waals surface area contributed by atoms with E-state index in [1.54, 1.807) is 55.7 Å². The molecule has 2 aromatic carbocycles. The van der Waals surface area contributed by atoms with E-state index in [2.05, 4.69) is 15.4 Å². The van der Waals surface area contributed by atoms with Gasteiger partial charge in [-0.25, -0.2) is 4.68 Å². The Hall–Kier alpha value is -4.14. The van der Waals surface area contributed by atoms with E-state index >= 15 is 0 Å². The van der Waals surface area contributed by atoms with Crippen LogP contribution in [0.2, 0.25) is 0 Å². The number of ether oxygens (including phenoxy) is 1. The smallest absolute Gasteiger partial charge is 0.434 e. The highest BCUT2D eigenvalue weighted by molar-refractivity contribution is 5.95. The van der Waals surface area contributed by atoms with Gasteiger partial charge in [-0.15, -0.1) is 0 Å². The lowest BCUT2D eigenvalue weighted by atomic mass is 10.1. The lowest BCUT2D eigenvalue weighted by molar-refractivity contribution is -0.143. The van der Waals surface area contributed by atoms with Crippen molar-refractivity contribution in [3.8, 4) is 11.4 Å². The number of aryl methyl sites for hydroxylation is 1. The van der Waals surface area contributed by atoms with Gasteiger partial charge >= 0.3 is 6.18 Å². The molecule has 0 saturated heterocycles. The minimum Gasteiger partial charge on any atom is -0.489 e. The maximum Gasteiger partial charge on any atom is 0.434 e. The molecule has 4 rings (SSSR count). The van der Waals surface area contributed by atoms with Gasteiger partial charge in [-0.3, -0.25) is 9.78 Å². The van der Waals surface area contributed by atoms with E-state index in [1.165, 1.54) is 12.1 Å². The lowest BCUT2D eigenvalue weighted by Gasteiger charge is -2.17. The molecule has 6 nitrogen and oxygen atoms in total. The number of pyridine rings is 1. The first-order valence-corrected chi connectivity index (χ1v) is 10.9. The van der Waals surface area contributed by atoms with Crippen molar-refractivity contribution in [2.45, 2.75) is 32.7 Å². The van der Waals surface area contributed by atoms with Gasteiger partial charge in [0.15, 0.2) is 5.69 Å². The van der Waals surface area contributed by atoms with Crippen molar-refractivity contribution in [3.63, 3.8) is 0 Å². The number of alkyl halides is 3. The first-order valence-electron chi connectivity index (χ1n) is 10.9. The molecule has 2 heterocycles. The third-order valence-electron chi connectivity index (χ3n) is 5.42. The summed E-state index contributed by atoms with van der Waals surface area (Å²) < 4.78 is 48.2. The number of carbonyl (C=O) groups excluding carboxylic acids is 1. The molecule has 1 amide bonds. The number of rotatable bonds is 7. The SMILES string of the molecule is Cc1ccc(-n2ncc(C(=O)NC(C)c3ccc(OCc4cccnc4)cc3)c2C(F)(F)F)cc1. The van der Waals surface area contributed by atoms with Gasteiger partial charge in [0.05, 0.1) is 23.5 Å². The quantitative estimate of drug-likeness (QED) is 0.370. The summed E-state index contributed by atoms with van der Waals surface area (Å²) in [5, 5.41) is 6.49. The molecular formula is C26H23F3N4O2. The number of nitrogens with zero attached hydrogens (tertiary/aromatic N) is 3. The summed E-state index contributed by atoms with van der Waals surface area (Å²) in [4.78, 5) is 16.9. The minimum absolute atomic E-state index is 0.219. The zero-order chi connectivity index (χ0) is 25.0. The van der Waals surface area contributed by atoms with E-state index < -0.39 is 29.4 Å². The Labute approximate surface area is 200 Å². The number of amides is 1. The first-order chi connectivity index (χ1) is 16.7. The fourth-order valence-corrected chi connectivity index (χ4v) is 3.53. The molecule has 0 bridgehead atoms. The molecule has 0 spiro atoms. The predicted octanol–water partition coefficient (Wildman–Crippen LogP) is 5.66. The Morgan fingerprint density at radius 1 is 1.06 bits per heavy atom. The number of halogens is 3. The second kappa shape index (κ2) is 10.0. The van der Waals surface area contributed by atoms with Crippen LogP contribution in [-0.4, -0.2) is 20.7 Å². The Morgan fingerprint density at radius 2 is 1.77 bits per heavy atom. The molecule has 1 unspecified atom stereocenters. The Kier molecular flexibility index (Phi) is 6.86. The average Bonchev–Trinajstić information content (AvgIpc) is 3.30. The van der Waals surface area contributed by atoms with Crippen LogP contribution in [0.25, 0.3) is 5.69 Å². The zero-order valence-corrected chi connectivity index (χ0v) is 19.1. The highest BCUT2D eigenvalue weighted by Crippen LogP contribution is 2.34. The van der Waals surface area contributed by atoms with E-state index in [-0.39, 0.29) is 5.69 Å². The largest absolute Gasteiger partial charge is 0.489 e. The van der Waals surface area contributed by atoms with Crippen molar-refractivity contribution < 1.29 is 22.7 Å². The summed E-state index contributed by atoms with van der Waals surface area (Å²) in [6.07, 6.45) is -0.439. The summed E-state index contributed by atoms with van der Waals surface area (Å²) in [7, 11) is 0. The zero-order valence-electron chi connectivity index (χ0n) is 19.1. The molecule has 0 radical (unpaired) electrons. The molecule has 0 aliphatic heterocycles. The molecule has 1 N–H and O–H groups in total. The van der Waals surface area contributed by atoms with Crippen molar-refractivity contribution in [1.29, 1.82) is 0 Å². The van der Waals surface area contributed by atoms with Crippen LogP contribution in [-0.2, 0) is 12.8 Å². The molecule has 0 aliphatic carbocycles. The highest BCUT2D eigenvalue weighted by atomic mass is 19.4. The van der Waals surface area contributed by atoms with Gasteiger partial charge in [0.2, 0.25) is 0 Å². The van der Waals surface area contributed by atoms with Gasteiger partial charge in [0, 0.05) is 18.0 Å². The van der Waals surface area contributed by atoms with Gasteiger partial charge in [-0.05, 0) is 49.7 Å². The molecule has 2 aromatic heterocycles. The Balaban J connectivity index is 1.48. The monoisotopic (exact) mass is 480 g/mol. The summed E-state index contributed by atoms with van der Waals surface area (Å²) in [6.45, 7) is 3.88. The Bertz CT molecular complexity index is 1290. The van der Waals surface area contributed by atoms with Gasteiger partial charge in [-0.1, -0.05) is 35.9 Å². The van der Waals surface area contributed by atoms with Crippen molar-refractivity contribution >= 4 is 5.91 Å². The molecule has 9 heteroatoms. The van der Waals surface area contributed by atoms with E-state index in [4.69, 9.17) is 4.74 Å². The third kappa shape index (κ3) is 5.68. The molecule has 180 valence electrons. The van der Waals surface area contributed by atoms with Crippen molar-refractivity contribution in [1.82, 2.24) is 20.1 Å². The number of aromatic nitrogens is 3. The van der Waals surface area contributed by atoms with Gasteiger partial charge in [0.25, 0.3) is 5.91 Å². The molecule has 0 fully saturated rings. The summed E-state index contributed by atoms with van der Waals surface area (Å²) in [5.41, 5.74) is 1.09. The number of hydrogen-bond donors (Lipinski definition) is 1. The molecule has 35 heavy (non-hydrogen) atoms. The number of benzene rings is 2. The van der Waals surface area contributed by atoms with Crippen LogP contribution in [0.5, 0.6) is 5.75 Å². The summed E-state index contributed by atoms with van der Waals surface area (Å²) >= 11 is 0. The van der Waals surface area contributed by atoms with E-state index in [0.717, 1.165) is 22.0 Å². The van der Waals surface area contributed by atoms with E-state index in [9.17, 15) is 18.0 Å². The summed E-state index contributed by atoms with van der Waals surface area (Å²) in [5.74, 6) is -0.241. The van der Waals surface area contributed by atoms with Crippen LogP contribution >= 0.6 is 0 Å². The van der Waals surface area contributed by atoms with Crippen LogP contribution < -0.4 is 10.1 Å². The van der Waals surface area contributed by atoms with Crippen LogP contribution in [0.15, 0.2) is 79.3 Å². The fourth-order valence-electron chi connectivity index (χ4n) is 3.53. The predicted molar refractivity (Wildman–Crippen MR) is 124 cm³/mol. The van der Waals surface area contributed by atoms with Crippen molar-refractivity contribution in [3.05, 3.63) is 107 Å². The minimum atomic E-state index is -4.77. The fraction of sp³-hybridized carbons (Fsp3) is 0.192. The van der Waals surface area contributed by atoms with Crippen LogP contribution in [0.3, 0.4) is 0 Å². The molecule has 4 aromatic rings. The maximum atomic E-state index is 13.9. The maximum absolute atomic E-state index is 13.9. The Morgan fingerprint density at radius 3 is 2.40 bits per heavy atom. The third-order valence-corrected chi connectivity index (χ3v) is 5.42. The van der Waals surface area contributed by atoms with Crippen LogP contribution in [0.4, 0.5) is 13.2 Å². The molecule has 1 atom stereocenters. The van der Waals surface area contributed by atoms with Crippen molar-refractivity contribution in [2.75, 3.05) is 0 Å². The standard InChI is InChI=1S/C26H23F3N4O2/c1-17-5-9-21(10-6-17)33-24(26(27,28)29)23(15-31-33)25(34)32-18(2)20-7-11-22(12-8-20)35-16-19-4-3-13-30-14-19/h3-15,18H,16H2,1-2H3,(H,32,34). The van der Waals surface area contributed by atoms with E-state index in [0.29, 0.717) is 17.9 Å². The average molecular weight is 480 g/mol. The van der Waals surface area contributed by atoms with Gasteiger partial charge < -0.3 is 10.1 Å². The number of nitrogens with one attached hydrogen (secondary N) is 1. The lowest BCUT2D eigenvalue weighted by Crippen LogP contribution is -2.29. The molecule has 0 saturated carbocycles. The highest BCUT2D eigenvalue weighted by Gasteiger charge is 2.40. The second-order valence-corrected chi connectivity index (χ2v) is 8.07. The topological polar surface area (TPSA) is 69.0 Å². The first kappa shape index (κ1) is 24.0. The normalized spacial score (nSPS) is 12.3. The van der Waals surface area contributed by atoms with E-state index in [1.807, 2.05) is 19.1 Å². The van der Waals surface area contributed by atoms with Crippen molar-refractivity contribution in [2.24, 2.45) is 0 Å². The van der Waals surface area contributed by atoms with Crippen LogP contribution in [0, 0.1) is 6.92 Å². The van der Waals surface area contributed by atoms with Gasteiger partial charge in [-0.2, -0.15) is 18.3 Å². The number of carbonyl (C=O) groups is 1. The summed E-state index contributed by atoms with van der Waals surface area (Å²) in [6, 6.07) is 16.6. The molecular weight excluding hydrogens is 457 g/mol. The second-order valence-electron chi connectivity index (χ2n) is 8.07. The van der Waals surface area contributed by atoms with Gasteiger partial charge in [0.1, 0.15) is 12.4 Å². The number of hydrogen-bond acceptors (Lipinski definition) is 4.